The molecule has 2 heterocycles. The van der Waals surface area contributed by atoms with Crippen LogP contribution in [0.1, 0.15) is 13.8 Å². The Balaban J connectivity index is 2.07. The average Bonchev–Trinajstić information content (AvgIpc) is 3.01. The standard InChI is InChI=1S/C12H21N9/c1-9(2)20(3)6-5-15-10-16-11(19-13)18-12(17-10)21-7-4-14-8-21/h4,7-9H,5-6,13H2,1-3H3,(H2,15,16,17,18,19). The van der Waals surface area contributed by atoms with Crippen molar-refractivity contribution in [3.63, 3.8) is 0 Å². The number of nitrogens with two attached hydrogens (primary N) is 1. The van der Waals surface area contributed by atoms with Gasteiger partial charge in [0.25, 0.3) is 0 Å². The van der Waals surface area contributed by atoms with Crippen LogP contribution < -0.4 is 16.6 Å². The zero-order valence-electron chi connectivity index (χ0n) is 12.5. The predicted octanol–water partition coefficient (Wildman–Crippen LogP) is 0.0950. The molecular weight excluding hydrogens is 270 g/mol. The van der Waals surface area contributed by atoms with Gasteiger partial charge in [-0.25, -0.2) is 10.8 Å². The number of hydrogen-bond acceptors (Lipinski definition) is 8. The average molecular weight is 291 g/mol. The summed E-state index contributed by atoms with van der Waals surface area (Å²) in [5.74, 6) is 6.62. The van der Waals surface area contributed by atoms with Gasteiger partial charge in [0.2, 0.25) is 17.8 Å². The summed E-state index contributed by atoms with van der Waals surface area (Å²) in [5.41, 5.74) is 2.44. The number of imidazole rings is 1. The second-order valence-electron chi connectivity index (χ2n) is 4.90. The minimum Gasteiger partial charge on any atom is -0.353 e. The highest BCUT2D eigenvalue weighted by molar-refractivity contribution is 5.37. The van der Waals surface area contributed by atoms with Gasteiger partial charge in [0.15, 0.2) is 0 Å². The van der Waals surface area contributed by atoms with Gasteiger partial charge in [0.05, 0.1) is 0 Å². The topological polar surface area (TPSA) is 110 Å². The minimum absolute atomic E-state index is 0.299. The third kappa shape index (κ3) is 4.10. The molecule has 21 heavy (non-hydrogen) atoms. The first-order valence-corrected chi connectivity index (χ1v) is 6.75. The normalized spacial score (nSPS) is 11.1. The number of aromatic nitrogens is 5. The number of anilines is 2. The van der Waals surface area contributed by atoms with E-state index in [1.807, 2.05) is 0 Å². The molecular formula is C12H21N9. The first kappa shape index (κ1) is 15.1. The molecule has 0 radical (unpaired) electrons. The maximum atomic E-state index is 5.39. The third-order valence-electron chi connectivity index (χ3n) is 3.12. The van der Waals surface area contributed by atoms with Crippen molar-refractivity contribution in [2.75, 3.05) is 30.9 Å². The molecule has 114 valence electrons. The molecule has 0 saturated heterocycles. The van der Waals surface area contributed by atoms with Gasteiger partial charge in [-0.2, -0.15) is 15.0 Å². The Morgan fingerprint density at radius 3 is 2.67 bits per heavy atom. The molecule has 0 fully saturated rings. The van der Waals surface area contributed by atoms with Crippen LogP contribution in [-0.4, -0.2) is 55.6 Å². The van der Waals surface area contributed by atoms with Crippen molar-refractivity contribution in [3.8, 4) is 5.95 Å². The molecule has 0 bridgehead atoms. The molecule has 9 nitrogen and oxygen atoms in total. The molecule has 0 aliphatic rings. The highest BCUT2D eigenvalue weighted by Gasteiger charge is 2.08. The van der Waals surface area contributed by atoms with Gasteiger partial charge < -0.3 is 10.2 Å². The first-order valence-electron chi connectivity index (χ1n) is 6.75. The number of nitrogen functional groups attached to an aromatic ring is 1. The molecule has 2 aromatic rings. The maximum absolute atomic E-state index is 5.39. The van der Waals surface area contributed by atoms with Gasteiger partial charge in [-0.05, 0) is 20.9 Å². The minimum atomic E-state index is 0.299. The Morgan fingerprint density at radius 1 is 1.29 bits per heavy atom. The van der Waals surface area contributed by atoms with Gasteiger partial charge >= 0.3 is 0 Å². The van der Waals surface area contributed by atoms with Crippen molar-refractivity contribution in [2.24, 2.45) is 5.84 Å². The lowest BCUT2D eigenvalue weighted by molar-refractivity contribution is 0.284. The molecule has 2 aromatic heterocycles. The molecule has 0 unspecified atom stereocenters. The van der Waals surface area contributed by atoms with Crippen LogP contribution in [0.15, 0.2) is 18.7 Å². The Bertz CT molecular complexity index is 552. The fraction of sp³-hybridized carbons (Fsp3) is 0.500. The van der Waals surface area contributed by atoms with Crippen LogP contribution in [0.4, 0.5) is 11.9 Å². The number of nitrogens with one attached hydrogen (secondary N) is 2. The van der Waals surface area contributed by atoms with Gasteiger partial charge in [-0.3, -0.25) is 9.99 Å². The zero-order valence-corrected chi connectivity index (χ0v) is 12.5. The summed E-state index contributed by atoms with van der Waals surface area (Å²) in [5, 5.41) is 3.17. The summed E-state index contributed by atoms with van der Waals surface area (Å²) in [6.45, 7) is 5.91. The van der Waals surface area contributed by atoms with E-state index in [4.69, 9.17) is 5.84 Å². The summed E-state index contributed by atoms with van der Waals surface area (Å²) in [6, 6.07) is 0.493. The van der Waals surface area contributed by atoms with Crippen molar-refractivity contribution < 1.29 is 0 Å². The Morgan fingerprint density at radius 2 is 2.05 bits per heavy atom. The van der Waals surface area contributed by atoms with Crippen molar-refractivity contribution >= 4 is 11.9 Å². The number of nitrogens with zero attached hydrogens (tertiary/aromatic N) is 6. The van der Waals surface area contributed by atoms with E-state index < -0.39 is 0 Å². The summed E-state index contributed by atoms with van der Waals surface area (Å²) in [4.78, 5) is 18.9. The van der Waals surface area contributed by atoms with Crippen molar-refractivity contribution in [1.82, 2.24) is 29.4 Å². The second-order valence-corrected chi connectivity index (χ2v) is 4.90. The molecule has 0 spiro atoms. The Kier molecular flexibility index (Phi) is 5.01. The summed E-state index contributed by atoms with van der Waals surface area (Å²) in [7, 11) is 2.07. The zero-order chi connectivity index (χ0) is 15.2. The Hall–Kier alpha value is -2.26. The van der Waals surface area contributed by atoms with E-state index >= 15 is 0 Å². The molecule has 2 rings (SSSR count). The third-order valence-corrected chi connectivity index (χ3v) is 3.12. The van der Waals surface area contributed by atoms with E-state index in [1.54, 1.807) is 23.3 Å². The first-order chi connectivity index (χ1) is 10.1. The largest absolute Gasteiger partial charge is 0.353 e. The van der Waals surface area contributed by atoms with Crippen LogP contribution in [0.5, 0.6) is 0 Å². The van der Waals surface area contributed by atoms with Gasteiger partial charge in [0, 0.05) is 31.5 Å². The molecule has 4 N–H and O–H groups in total. The van der Waals surface area contributed by atoms with E-state index in [2.05, 4.69) is 56.5 Å². The molecule has 0 aliphatic heterocycles. The summed E-state index contributed by atoms with van der Waals surface area (Å²) >= 11 is 0. The number of likely N-dealkylation sites (N-methyl/N-ethyl adjacent to an activating group) is 1. The highest BCUT2D eigenvalue weighted by Crippen LogP contribution is 2.08. The number of rotatable bonds is 7. The summed E-state index contributed by atoms with van der Waals surface area (Å²) in [6.07, 6.45) is 5.03. The monoisotopic (exact) mass is 291 g/mol. The maximum Gasteiger partial charge on any atom is 0.243 e. The van der Waals surface area contributed by atoms with Crippen LogP contribution >= 0.6 is 0 Å². The SMILES string of the molecule is CC(C)N(C)CCNc1nc(NN)nc(-n2ccnc2)n1. The summed E-state index contributed by atoms with van der Waals surface area (Å²) < 4.78 is 1.69. The van der Waals surface area contributed by atoms with Crippen LogP contribution in [0, 0.1) is 0 Å². The molecule has 0 saturated carbocycles. The van der Waals surface area contributed by atoms with Crippen molar-refractivity contribution in [1.29, 1.82) is 0 Å². The highest BCUT2D eigenvalue weighted by atomic mass is 15.4. The van der Waals surface area contributed by atoms with Crippen LogP contribution in [-0.2, 0) is 0 Å². The van der Waals surface area contributed by atoms with E-state index in [0.717, 1.165) is 13.1 Å². The Labute approximate surface area is 123 Å². The molecule has 0 atom stereocenters. The van der Waals surface area contributed by atoms with Crippen molar-refractivity contribution in [2.45, 2.75) is 19.9 Å². The fourth-order valence-corrected chi connectivity index (χ4v) is 1.60. The van der Waals surface area contributed by atoms with E-state index in [1.165, 1.54) is 0 Å². The molecule has 0 aromatic carbocycles. The molecule has 0 aliphatic carbocycles. The van der Waals surface area contributed by atoms with E-state index in [-0.39, 0.29) is 0 Å². The van der Waals surface area contributed by atoms with Gasteiger partial charge in [-0.15, -0.1) is 0 Å². The smallest absolute Gasteiger partial charge is 0.243 e. The lowest BCUT2D eigenvalue weighted by Crippen LogP contribution is -2.31. The van der Waals surface area contributed by atoms with Crippen LogP contribution in [0.25, 0.3) is 5.95 Å². The predicted molar refractivity (Wildman–Crippen MR) is 81.0 cm³/mol. The van der Waals surface area contributed by atoms with Crippen LogP contribution in [0.3, 0.4) is 0 Å². The number of hydrazine groups is 1. The molecule has 9 heteroatoms. The molecule has 0 amide bonds. The lowest BCUT2D eigenvalue weighted by Gasteiger charge is -2.20. The quantitative estimate of drug-likeness (QED) is 0.486. The van der Waals surface area contributed by atoms with Crippen molar-refractivity contribution in [3.05, 3.63) is 18.7 Å². The second kappa shape index (κ2) is 6.95. The van der Waals surface area contributed by atoms with Gasteiger partial charge in [-0.1, -0.05) is 0 Å². The number of hydrogen-bond donors (Lipinski definition) is 3. The lowest BCUT2D eigenvalue weighted by atomic mass is 10.3. The van der Waals surface area contributed by atoms with Crippen LogP contribution in [0.2, 0.25) is 0 Å². The fourth-order valence-electron chi connectivity index (χ4n) is 1.60. The van der Waals surface area contributed by atoms with E-state index in [9.17, 15) is 0 Å². The van der Waals surface area contributed by atoms with Gasteiger partial charge in [0.1, 0.15) is 6.33 Å². The van der Waals surface area contributed by atoms with E-state index in [0.29, 0.717) is 23.9 Å².